The van der Waals surface area contributed by atoms with Crippen molar-refractivity contribution in [3.05, 3.63) is 51.6 Å². The number of nitrogens with zero attached hydrogens (tertiary/aromatic N) is 1. The summed E-state index contributed by atoms with van der Waals surface area (Å²) in [6.07, 6.45) is 1.43. The molecule has 2 aromatic rings. The Kier molecular flexibility index (Phi) is 4.47. The van der Waals surface area contributed by atoms with E-state index in [4.69, 9.17) is 23.2 Å². The number of anilines is 2. The third-order valence-corrected chi connectivity index (χ3v) is 3.36. The number of hydrogen-bond donors (Lipinski definition) is 2. The Morgan fingerprint density at radius 1 is 1.20 bits per heavy atom. The molecule has 104 valence electrons. The summed E-state index contributed by atoms with van der Waals surface area (Å²) in [5, 5.41) is 6.36. The number of halogens is 2. The molecule has 2 N–H and O–H groups in total. The van der Waals surface area contributed by atoms with E-state index in [2.05, 4.69) is 15.6 Å². The van der Waals surface area contributed by atoms with Crippen LogP contribution in [0.1, 0.15) is 15.9 Å². The Bertz CT molecular complexity index is 659. The van der Waals surface area contributed by atoms with Gasteiger partial charge in [0, 0.05) is 13.2 Å². The first-order valence-corrected chi connectivity index (χ1v) is 6.67. The predicted octanol–water partition coefficient (Wildman–Crippen LogP) is 3.99. The van der Waals surface area contributed by atoms with Crippen molar-refractivity contribution < 1.29 is 4.79 Å². The summed E-state index contributed by atoms with van der Waals surface area (Å²) in [6.45, 7) is 1.92. The summed E-state index contributed by atoms with van der Waals surface area (Å²) >= 11 is 12.1. The number of nitrogens with one attached hydrogen (secondary N) is 2. The van der Waals surface area contributed by atoms with E-state index in [1.54, 1.807) is 25.2 Å². The number of amides is 1. The molecule has 0 bridgehead atoms. The Morgan fingerprint density at radius 2 is 1.95 bits per heavy atom. The van der Waals surface area contributed by atoms with Crippen LogP contribution in [0.25, 0.3) is 0 Å². The first-order chi connectivity index (χ1) is 9.51. The molecule has 0 unspecified atom stereocenters. The maximum Gasteiger partial charge on any atom is 0.257 e. The van der Waals surface area contributed by atoms with Crippen molar-refractivity contribution >= 4 is 40.6 Å². The molecular formula is C14H13Cl2N3O. The maximum atomic E-state index is 12.3. The van der Waals surface area contributed by atoms with Gasteiger partial charge in [0.25, 0.3) is 5.91 Å². The normalized spacial score (nSPS) is 10.2. The largest absolute Gasteiger partial charge is 0.373 e. The molecule has 1 aromatic heterocycles. The number of aryl methyl sites for hydroxylation is 1. The van der Waals surface area contributed by atoms with Gasteiger partial charge in [0.1, 0.15) is 5.82 Å². The summed E-state index contributed by atoms with van der Waals surface area (Å²) in [6, 6.07) is 6.99. The van der Waals surface area contributed by atoms with Crippen LogP contribution in [-0.4, -0.2) is 17.9 Å². The molecule has 0 aliphatic rings. The van der Waals surface area contributed by atoms with Crippen LogP contribution < -0.4 is 10.6 Å². The van der Waals surface area contributed by atoms with Crippen molar-refractivity contribution in [3.63, 3.8) is 0 Å². The molecule has 2 rings (SSSR count). The van der Waals surface area contributed by atoms with Gasteiger partial charge in [-0.15, -0.1) is 0 Å². The van der Waals surface area contributed by atoms with Crippen LogP contribution in [0, 0.1) is 6.92 Å². The summed E-state index contributed by atoms with van der Waals surface area (Å²) in [5.74, 6) is 0.233. The quantitative estimate of drug-likeness (QED) is 0.901. The third-order valence-electron chi connectivity index (χ3n) is 2.73. The van der Waals surface area contributed by atoms with Gasteiger partial charge in [-0.25, -0.2) is 4.98 Å². The summed E-state index contributed by atoms with van der Waals surface area (Å²) < 4.78 is 0. The fourth-order valence-corrected chi connectivity index (χ4v) is 2.03. The average Bonchev–Trinajstić information content (AvgIpc) is 2.43. The zero-order valence-corrected chi connectivity index (χ0v) is 12.5. The number of benzene rings is 1. The van der Waals surface area contributed by atoms with Crippen LogP contribution in [0.2, 0.25) is 10.0 Å². The van der Waals surface area contributed by atoms with Crippen molar-refractivity contribution in [2.24, 2.45) is 0 Å². The molecule has 0 spiro atoms. The molecule has 1 heterocycles. The van der Waals surface area contributed by atoms with Crippen molar-refractivity contribution in [2.75, 3.05) is 17.7 Å². The van der Waals surface area contributed by atoms with E-state index in [-0.39, 0.29) is 10.9 Å². The molecule has 1 aromatic carbocycles. The lowest BCUT2D eigenvalue weighted by Crippen LogP contribution is -2.13. The number of carbonyl (C=O) groups excluding carboxylic acids is 1. The molecule has 1 amide bonds. The van der Waals surface area contributed by atoms with Crippen molar-refractivity contribution in [3.8, 4) is 0 Å². The van der Waals surface area contributed by atoms with Gasteiger partial charge in [0.2, 0.25) is 0 Å². The van der Waals surface area contributed by atoms with Gasteiger partial charge in [-0.1, -0.05) is 29.3 Å². The minimum absolute atomic E-state index is 0.283. The van der Waals surface area contributed by atoms with E-state index < -0.39 is 0 Å². The van der Waals surface area contributed by atoms with Gasteiger partial charge >= 0.3 is 0 Å². The monoisotopic (exact) mass is 309 g/mol. The minimum Gasteiger partial charge on any atom is -0.373 e. The number of rotatable bonds is 3. The van der Waals surface area contributed by atoms with Crippen LogP contribution in [-0.2, 0) is 0 Å². The highest BCUT2D eigenvalue weighted by Gasteiger charge is 2.13. The topological polar surface area (TPSA) is 54.0 Å². The molecule has 4 nitrogen and oxygen atoms in total. The van der Waals surface area contributed by atoms with E-state index >= 15 is 0 Å². The lowest BCUT2D eigenvalue weighted by Gasteiger charge is -2.10. The number of hydrogen-bond acceptors (Lipinski definition) is 3. The molecule has 0 aliphatic heterocycles. The van der Waals surface area contributed by atoms with Gasteiger partial charge in [-0.3, -0.25) is 4.79 Å². The van der Waals surface area contributed by atoms with Crippen LogP contribution in [0.15, 0.2) is 30.5 Å². The number of pyridine rings is 1. The smallest absolute Gasteiger partial charge is 0.257 e. The Balaban J connectivity index is 2.30. The minimum atomic E-state index is -0.332. The number of carbonyl (C=O) groups is 1. The van der Waals surface area contributed by atoms with Crippen LogP contribution in [0.5, 0.6) is 0 Å². The van der Waals surface area contributed by atoms with Crippen LogP contribution in [0.4, 0.5) is 11.5 Å². The highest BCUT2D eigenvalue weighted by Crippen LogP contribution is 2.25. The molecule has 0 aliphatic carbocycles. The second-order valence-corrected chi connectivity index (χ2v) is 5.05. The van der Waals surface area contributed by atoms with E-state index in [0.29, 0.717) is 22.1 Å². The average molecular weight is 310 g/mol. The zero-order valence-electron chi connectivity index (χ0n) is 11.0. The van der Waals surface area contributed by atoms with Gasteiger partial charge in [-0.05, 0) is 30.7 Å². The Morgan fingerprint density at radius 3 is 2.65 bits per heavy atom. The first kappa shape index (κ1) is 14.6. The predicted molar refractivity (Wildman–Crippen MR) is 82.9 cm³/mol. The molecule has 0 saturated heterocycles. The third kappa shape index (κ3) is 3.21. The number of aromatic nitrogens is 1. The van der Waals surface area contributed by atoms with Crippen molar-refractivity contribution in [1.82, 2.24) is 4.98 Å². The molecule has 20 heavy (non-hydrogen) atoms. The Labute approximate surface area is 127 Å². The van der Waals surface area contributed by atoms with Crippen LogP contribution in [0.3, 0.4) is 0 Å². The lowest BCUT2D eigenvalue weighted by molar-refractivity contribution is 0.102. The SMILES string of the molecule is CNc1cc(C(=O)Nc2cc(C)ccc2Cl)c(Cl)cn1. The van der Waals surface area contributed by atoms with E-state index in [9.17, 15) is 4.79 Å². The zero-order chi connectivity index (χ0) is 14.7. The molecule has 0 saturated carbocycles. The van der Waals surface area contributed by atoms with Gasteiger partial charge in [-0.2, -0.15) is 0 Å². The van der Waals surface area contributed by atoms with Gasteiger partial charge in [0.15, 0.2) is 0 Å². The highest BCUT2D eigenvalue weighted by atomic mass is 35.5. The fraction of sp³-hybridized carbons (Fsp3) is 0.143. The first-order valence-electron chi connectivity index (χ1n) is 5.92. The molecule has 0 atom stereocenters. The maximum absolute atomic E-state index is 12.3. The summed E-state index contributed by atoms with van der Waals surface area (Å²) in [7, 11) is 1.72. The molecule has 6 heteroatoms. The van der Waals surface area contributed by atoms with Crippen LogP contribution >= 0.6 is 23.2 Å². The Hall–Kier alpha value is -1.78. The molecule has 0 radical (unpaired) electrons. The van der Waals surface area contributed by atoms with Gasteiger partial charge < -0.3 is 10.6 Å². The van der Waals surface area contributed by atoms with Crippen molar-refractivity contribution in [2.45, 2.75) is 6.92 Å². The fourth-order valence-electron chi connectivity index (χ4n) is 1.67. The molecule has 0 fully saturated rings. The summed E-state index contributed by atoms with van der Waals surface area (Å²) in [5.41, 5.74) is 1.89. The summed E-state index contributed by atoms with van der Waals surface area (Å²) in [4.78, 5) is 16.3. The van der Waals surface area contributed by atoms with E-state index in [1.807, 2.05) is 13.0 Å². The van der Waals surface area contributed by atoms with E-state index in [0.717, 1.165) is 5.56 Å². The second-order valence-electron chi connectivity index (χ2n) is 4.24. The van der Waals surface area contributed by atoms with E-state index in [1.165, 1.54) is 6.20 Å². The van der Waals surface area contributed by atoms with Crippen molar-refractivity contribution in [1.29, 1.82) is 0 Å². The lowest BCUT2D eigenvalue weighted by atomic mass is 10.2. The second kappa shape index (κ2) is 6.11. The van der Waals surface area contributed by atoms with Gasteiger partial charge in [0.05, 0.1) is 21.3 Å². The highest BCUT2D eigenvalue weighted by molar-refractivity contribution is 6.36. The standard InChI is InChI=1S/C14H13Cl2N3O/c1-8-3-4-10(15)12(5-8)19-14(20)9-6-13(17-2)18-7-11(9)16/h3-7H,1-2H3,(H,17,18)(H,19,20). The molecular weight excluding hydrogens is 297 g/mol.